The number of likely N-dealkylation sites (N-methyl/N-ethyl adjacent to an activating group) is 1. The van der Waals surface area contributed by atoms with Gasteiger partial charge in [-0.1, -0.05) is 44.2 Å². The highest BCUT2D eigenvalue weighted by Gasteiger charge is 2.19. The van der Waals surface area contributed by atoms with Crippen molar-refractivity contribution in [3.05, 3.63) is 59.8 Å². The highest BCUT2D eigenvalue weighted by atomic mass is 127. The van der Waals surface area contributed by atoms with E-state index in [0.717, 1.165) is 51.1 Å². The van der Waals surface area contributed by atoms with E-state index in [1.165, 1.54) is 11.1 Å². The number of aliphatic imine (C=N–C) groups is 1. The highest BCUT2D eigenvalue weighted by molar-refractivity contribution is 14.0. The molecule has 1 aromatic heterocycles. The number of hydrogen-bond acceptors (Lipinski definition) is 5. The zero-order chi connectivity index (χ0) is 22.8. The van der Waals surface area contributed by atoms with Gasteiger partial charge in [0.25, 0.3) is 0 Å². The first-order valence-electron chi connectivity index (χ1n) is 11.7. The summed E-state index contributed by atoms with van der Waals surface area (Å²) in [6, 6.07) is 15.2. The van der Waals surface area contributed by atoms with Crippen molar-refractivity contribution < 1.29 is 4.74 Å². The Morgan fingerprint density at radius 1 is 1.21 bits per heavy atom. The summed E-state index contributed by atoms with van der Waals surface area (Å²) in [4.78, 5) is 13.8. The maximum atomic E-state index is 5.66. The Morgan fingerprint density at radius 3 is 2.64 bits per heavy atom. The molecule has 2 aromatic rings. The summed E-state index contributed by atoms with van der Waals surface area (Å²) in [6.07, 6.45) is 2.12. The van der Waals surface area contributed by atoms with E-state index >= 15 is 0 Å². The fourth-order valence-electron chi connectivity index (χ4n) is 4.17. The fraction of sp³-hybridized carbons (Fsp3) is 0.520. The molecule has 1 fully saturated rings. The van der Waals surface area contributed by atoms with Crippen LogP contribution < -0.4 is 15.5 Å². The number of morpholine rings is 1. The van der Waals surface area contributed by atoms with Crippen molar-refractivity contribution in [3.63, 3.8) is 0 Å². The lowest BCUT2D eigenvalue weighted by Gasteiger charge is -2.32. The predicted octanol–water partition coefficient (Wildman–Crippen LogP) is 3.67. The van der Waals surface area contributed by atoms with Gasteiger partial charge in [-0.3, -0.25) is 9.89 Å². The van der Waals surface area contributed by atoms with Crippen molar-refractivity contribution in [1.29, 1.82) is 0 Å². The number of rotatable bonds is 9. The van der Waals surface area contributed by atoms with Crippen LogP contribution in [0.15, 0.2) is 53.7 Å². The van der Waals surface area contributed by atoms with Crippen molar-refractivity contribution in [2.75, 3.05) is 51.3 Å². The first-order valence-corrected chi connectivity index (χ1v) is 11.7. The van der Waals surface area contributed by atoms with Crippen LogP contribution in [0.2, 0.25) is 0 Å². The molecule has 33 heavy (non-hydrogen) atoms. The van der Waals surface area contributed by atoms with Gasteiger partial charge in [0.15, 0.2) is 5.96 Å². The third-order valence-electron chi connectivity index (χ3n) is 5.96. The summed E-state index contributed by atoms with van der Waals surface area (Å²) in [5.74, 6) is 1.81. The van der Waals surface area contributed by atoms with Crippen LogP contribution >= 0.6 is 24.0 Å². The molecule has 0 radical (unpaired) electrons. The van der Waals surface area contributed by atoms with E-state index in [0.29, 0.717) is 12.6 Å². The summed E-state index contributed by atoms with van der Waals surface area (Å²) in [7, 11) is 1.82. The van der Waals surface area contributed by atoms with E-state index in [-0.39, 0.29) is 30.1 Å². The van der Waals surface area contributed by atoms with Gasteiger partial charge in [-0.2, -0.15) is 0 Å². The summed E-state index contributed by atoms with van der Waals surface area (Å²) in [5.41, 5.74) is 2.50. The standard InChI is InChI=1S/C25H38N6O.HI/c1-5-30(6-2)23(22-10-8-7-9-11-22)18-29-25(26-4)28-17-21-12-13-27-24(16-21)31-14-15-32-20(3)19-31;/h7-13,16,20,23H,5-6,14-15,17-19H2,1-4H3,(H2,26,28,29);1H. The van der Waals surface area contributed by atoms with Crippen molar-refractivity contribution >= 4 is 35.8 Å². The van der Waals surface area contributed by atoms with Gasteiger partial charge in [0.1, 0.15) is 5.82 Å². The maximum Gasteiger partial charge on any atom is 0.191 e. The van der Waals surface area contributed by atoms with E-state index in [9.17, 15) is 0 Å². The van der Waals surface area contributed by atoms with Crippen molar-refractivity contribution in [2.45, 2.75) is 39.5 Å². The van der Waals surface area contributed by atoms with Crippen LogP contribution in [0.25, 0.3) is 0 Å². The van der Waals surface area contributed by atoms with Crippen LogP contribution in [0.1, 0.15) is 37.9 Å². The molecular weight excluding hydrogens is 527 g/mol. The van der Waals surface area contributed by atoms with Crippen LogP contribution in [0.5, 0.6) is 0 Å². The van der Waals surface area contributed by atoms with E-state index < -0.39 is 0 Å². The molecule has 2 atom stereocenters. The van der Waals surface area contributed by atoms with E-state index in [1.54, 1.807) is 0 Å². The fourth-order valence-corrected chi connectivity index (χ4v) is 4.17. The number of nitrogens with zero attached hydrogens (tertiary/aromatic N) is 4. The van der Waals surface area contributed by atoms with E-state index in [1.807, 2.05) is 13.2 Å². The second-order valence-corrected chi connectivity index (χ2v) is 8.10. The molecule has 0 aliphatic carbocycles. The molecule has 0 amide bonds. The van der Waals surface area contributed by atoms with Crippen LogP contribution in [-0.4, -0.2) is 68.3 Å². The molecule has 0 saturated carbocycles. The Bertz CT molecular complexity index is 846. The van der Waals surface area contributed by atoms with Crippen molar-refractivity contribution in [3.8, 4) is 0 Å². The van der Waals surface area contributed by atoms with Crippen LogP contribution in [0, 0.1) is 0 Å². The zero-order valence-corrected chi connectivity index (χ0v) is 22.7. The quantitative estimate of drug-likeness (QED) is 0.275. The van der Waals surface area contributed by atoms with Gasteiger partial charge in [0.05, 0.1) is 18.8 Å². The van der Waals surface area contributed by atoms with Gasteiger partial charge >= 0.3 is 0 Å². The van der Waals surface area contributed by atoms with Gasteiger partial charge in [0.2, 0.25) is 0 Å². The molecule has 182 valence electrons. The normalized spacial score (nSPS) is 17.4. The Balaban J connectivity index is 0.00000385. The largest absolute Gasteiger partial charge is 0.375 e. The first kappa shape index (κ1) is 27.3. The van der Waals surface area contributed by atoms with Gasteiger partial charge in [-0.25, -0.2) is 4.98 Å². The molecule has 0 spiro atoms. The number of guanidine groups is 1. The van der Waals surface area contributed by atoms with Gasteiger partial charge in [-0.05, 0) is 43.3 Å². The number of anilines is 1. The van der Waals surface area contributed by atoms with Crippen LogP contribution in [0.4, 0.5) is 5.82 Å². The van der Waals surface area contributed by atoms with Crippen molar-refractivity contribution in [1.82, 2.24) is 20.5 Å². The number of nitrogens with one attached hydrogen (secondary N) is 2. The zero-order valence-electron chi connectivity index (χ0n) is 20.3. The Kier molecular flexibility index (Phi) is 11.9. The summed E-state index contributed by atoms with van der Waals surface area (Å²) >= 11 is 0. The van der Waals surface area contributed by atoms with Crippen LogP contribution in [0.3, 0.4) is 0 Å². The molecule has 3 rings (SSSR count). The summed E-state index contributed by atoms with van der Waals surface area (Å²) < 4.78 is 5.66. The third kappa shape index (κ3) is 8.12. The lowest BCUT2D eigenvalue weighted by atomic mass is 10.1. The number of hydrogen-bond donors (Lipinski definition) is 2. The Morgan fingerprint density at radius 2 is 1.97 bits per heavy atom. The number of aromatic nitrogens is 1. The minimum absolute atomic E-state index is 0. The number of ether oxygens (including phenoxy) is 1. The lowest BCUT2D eigenvalue weighted by Crippen LogP contribution is -2.43. The molecule has 2 heterocycles. The molecule has 7 nitrogen and oxygen atoms in total. The lowest BCUT2D eigenvalue weighted by molar-refractivity contribution is 0.0529. The van der Waals surface area contributed by atoms with E-state index in [4.69, 9.17) is 4.74 Å². The summed E-state index contributed by atoms with van der Waals surface area (Å²) in [5, 5.41) is 6.98. The summed E-state index contributed by atoms with van der Waals surface area (Å²) in [6.45, 7) is 12.5. The number of pyridine rings is 1. The molecule has 1 saturated heterocycles. The van der Waals surface area contributed by atoms with Gasteiger partial charge in [-0.15, -0.1) is 24.0 Å². The second kappa shape index (κ2) is 14.4. The SMILES string of the molecule is CCN(CC)C(CNC(=NC)NCc1ccnc(N2CCOC(C)C2)c1)c1ccccc1.I. The number of benzene rings is 1. The maximum absolute atomic E-state index is 5.66. The smallest absolute Gasteiger partial charge is 0.191 e. The second-order valence-electron chi connectivity index (χ2n) is 8.10. The van der Waals surface area contributed by atoms with E-state index in [2.05, 4.69) is 93.6 Å². The minimum Gasteiger partial charge on any atom is -0.375 e. The Hall–Kier alpha value is -1.91. The molecule has 0 bridgehead atoms. The molecule has 1 aromatic carbocycles. The molecular formula is C25H39IN6O. The average molecular weight is 567 g/mol. The molecule has 2 N–H and O–H groups in total. The molecule has 2 unspecified atom stereocenters. The van der Waals surface area contributed by atoms with Gasteiger partial charge < -0.3 is 20.3 Å². The van der Waals surface area contributed by atoms with Gasteiger partial charge in [0, 0.05) is 39.4 Å². The van der Waals surface area contributed by atoms with Crippen molar-refractivity contribution in [2.24, 2.45) is 4.99 Å². The third-order valence-corrected chi connectivity index (χ3v) is 5.96. The highest BCUT2D eigenvalue weighted by Crippen LogP contribution is 2.19. The van der Waals surface area contributed by atoms with Crippen LogP contribution in [-0.2, 0) is 11.3 Å². The predicted molar refractivity (Wildman–Crippen MR) is 148 cm³/mol. The minimum atomic E-state index is 0. The monoisotopic (exact) mass is 566 g/mol. The molecule has 1 aliphatic heterocycles. The Labute approximate surface area is 216 Å². The topological polar surface area (TPSA) is 65.0 Å². The number of halogens is 1. The first-order chi connectivity index (χ1) is 15.6. The molecule has 1 aliphatic rings. The molecule has 8 heteroatoms. The average Bonchev–Trinajstić information content (AvgIpc) is 2.84.